The van der Waals surface area contributed by atoms with E-state index < -0.39 is 0 Å². The quantitative estimate of drug-likeness (QED) is 0.147. The first-order chi connectivity index (χ1) is 24.4. The number of rotatable bonds is 13. The first kappa shape index (κ1) is 34.4. The van der Waals surface area contributed by atoms with Gasteiger partial charge in [-0.25, -0.2) is 9.97 Å². The molecule has 1 fully saturated rings. The van der Waals surface area contributed by atoms with Gasteiger partial charge in [0, 0.05) is 85.4 Å². The number of nitrogens with zero attached hydrogens (tertiary/aromatic N) is 4. The molecule has 260 valence electrons. The highest BCUT2D eigenvalue weighted by atomic mass is 16.5. The fourth-order valence-electron chi connectivity index (χ4n) is 6.23. The second-order valence-electron chi connectivity index (χ2n) is 11.9. The number of hydrogen-bond acceptors (Lipinski definition) is 12. The maximum atomic E-state index is 13.2. The molecule has 0 atom stereocenters. The molecule has 12 heteroatoms. The van der Waals surface area contributed by atoms with E-state index in [0.29, 0.717) is 52.9 Å². The van der Waals surface area contributed by atoms with Crippen molar-refractivity contribution in [2.75, 3.05) is 78.0 Å². The van der Waals surface area contributed by atoms with Crippen molar-refractivity contribution in [1.82, 2.24) is 14.9 Å². The van der Waals surface area contributed by atoms with Crippen molar-refractivity contribution in [3.05, 3.63) is 84.2 Å². The van der Waals surface area contributed by atoms with Crippen LogP contribution in [0.5, 0.6) is 23.0 Å². The molecule has 1 aliphatic heterocycles. The second-order valence-corrected chi connectivity index (χ2v) is 11.9. The Bertz CT molecular complexity index is 1940. The van der Waals surface area contributed by atoms with Gasteiger partial charge in [0.2, 0.25) is 0 Å². The Balaban J connectivity index is 1.28. The van der Waals surface area contributed by atoms with Crippen molar-refractivity contribution in [2.24, 2.45) is 0 Å². The van der Waals surface area contributed by atoms with Crippen LogP contribution < -0.4 is 29.2 Å². The average molecular weight is 680 g/mol. The number of carbonyl (C=O) groups excluding carboxylic acids is 2. The van der Waals surface area contributed by atoms with Gasteiger partial charge >= 0.3 is 0 Å². The van der Waals surface area contributed by atoms with Crippen LogP contribution in [0, 0.1) is 0 Å². The summed E-state index contributed by atoms with van der Waals surface area (Å²) in [7, 11) is 6.51. The van der Waals surface area contributed by atoms with E-state index in [9.17, 15) is 9.59 Å². The van der Waals surface area contributed by atoms with Crippen molar-refractivity contribution in [1.29, 1.82) is 0 Å². The number of allylic oxidation sites excluding steroid dienone is 4. The van der Waals surface area contributed by atoms with Crippen LogP contribution in [-0.4, -0.2) is 94.3 Å². The topological polar surface area (TPSA) is 125 Å². The zero-order valence-electron chi connectivity index (χ0n) is 28.7. The third-order valence-corrected chi connectivity index (χ3v) is 8.78. The molecule has 0 spiro atoms. The van der Waals surface area contributed by atoms with Gasteiger partial charge in [-0.05, 0) is 55.0 Å². The monoisotopic (exact) mass is 679 g/mol. The highest BCUT2D eigenvalue weighted by Gasteiger charge is 2.24. The first-order valence-corrected chi connectivity index (χ1v) is 16.4. The molecule has 4 aromatic rings. The van der Waals surface area contributed by atoms with Gasteiger partial charge in [-0.1, -0.05) is 6.07 Å². The molecule has 6 rings (SSSR count). The summed E-state index contributed by atoms with van der Waals surface area (Å²) in [6.45, 7) is 4.74. The fraction of sp³-hybridized carbons (Fsp3) is 0.316. The van der Waals surface area contributed by atoms with E-state index in [4.69, 9.17) is 23.7 Å². The molecule has 0 bridgehead atoms. The van der Waals surface area contributed by atoms with Gasteiger partial charge in [-0.3, -0.25) is 14.5 Å². The van der Waals surface area contributed by atoms with E-state index in [0.717, 1.165) is 67.3 Å². The van der Waals surface area contributed by atoms with Gasteiger partial charge in [0.15, 0.2) is 23.1 Å². The van der Waals surface area contributed by atoms with Gasteiger partial charge < -0.3 is 33.9 Å². The highest BCUT2D eigenvalue weighted by Crippen LogP contribution is 2.37. The zero-order valence-corrected chi connectivity index (χ0v) is 28.7. The Morgan fingerprint density at radius 1 is 0.800 bits per heavy atom. The van der Waals surface area contributed by atoms with Crippen LogP contribution in [0.15, 0.2) is 73.1 Å². The SMILES string of the molecule is COCCOc1cc2ncnc(Nc3ccc(N4CCCN(Cc5ccc(OC)cc5OC)CC4)c(C4=CC(=O)C=CC4=O)c3)c2cc1OC. The molecule has 0 radical (unpaired) electrons. The highest BCUT2D eigenvalue weighted by molar-refractivity contribution is 6.34. The molecule has 0 saturated carbocycles. The number of ketones is 2. The Hall–Kier alpha value is -5.46. The lowest BCUT2D eigenvalue weighted by Crippen LogP contribution is -2.31. The Morgan fingerprint density at radius 3 is 2.46 bits per heavy atom. The van der Waals surface area contributed by atoms with E-state index >= 15 is 0 Å². The minimum Gasteiger partial charge on any atom is -0.497 e. The van der Waals surface area contributed by atoms with Gasteiger partial charge in [0.1, 0.15) is 30.3 Å². The minimum absolute atomic E-state index is 0.218. The lowest BCUT2D eigenvalue weighted by molar-refractivity contribution is -0.113. The Labute approximate surface area is 291 Å². The molecule has 2 heterocycles. The normalized spacial score (nSPS) is 15.1. The zero-order chi connectivity index (χ0) is 35.0. The standard InChI is InChI=1S/C38H41N5O7/c1-46-16-17-50-37-22-32-31(21-36(37)49-4)38(40-24-39-32)41-26-7-10-33(29(18-26)30-19-27(44)8-11-34(30)45)43-13-5-12-42(14-15-43)23-25-6-9-28(47-2)20-35(25)48-3/h6-11,18-22,24H,5,12-17,23H2,1-4H3,(H,39,40,41). The van der Waals surface area contributed by atoms with Crippen molar-refractivity contribution >= 4 is 45.2 Å². The van der Waals surface area contributed by atoms with E-state index in [-0.39, 0.29) is 11.6 Å². The summed E-state index contributed by atoms with van der Waals surface area (Å²) in [6, 6.07) is 15.4. The van der Waals surface area contributed by atoms with Crippen molar-refractivity contribution in [3.63, 3.8) is 0 Å². The van der Waals surface area contributed by atoms with Crippen LogP contribution in [0.25, 0.3) is 16.5 Å². The molecular weight excluding hydrogens is 638 g/mol. The predicted octanol–water partition coefficient (Wildman–Crippen LogP) is 5.23. The van der Waals surface area contributed by atoms with Crippen molar-refractivity contribution < 1.29 is 33.3 Å². The number of carbonyl (C=O) groups is 2. The smallest absolute Gasteiger partial charge is 0.186 e. The molecule has 1 saturated heterocycles. The third-order valence-electron chi connectivity index (χ3n) is 8.78. The van der Waals surface area contributed by atoms with Crippen LogP contribution >= 0.6 is 0 Å². The van der Waals surface area contributed by atoms with E-state index in [1.54, 1.807) is 28.4 Å². The number of nitrogens with one attached hydrogen (secondary N) is 1. The maximum absolute atomic E-state index is 13.2. The maximum Gasteiger partial charge on any atom is 0.186 e. The molecule has 3 aromatic carbocycles. The van der Waals surface area contributed by atoms with Crippen LogP contribution in [-0.2, 0) is 20.9 Å². The number of benzene rings is 3. The second kappa shape index (κ2) is 15.8. The van der Waals surface area contributed by atoms with Crippen LogP contribution in [0.2, 0.25) is 0 Å². The molecule has 12 nitrogen and oxygen atoms in total. The van der Waals surface area contributed by atoms with E-state index in [2.05, 4.69) is 25.1 Å². The fourth-order valence-corrected chi connectivity index (χ4v) is 6.23. The molecule has 2 aliphatic rings. The third kappa shape index (κ3) is 7.72. The summed E-state index contributed by atoms with van der Waals surface area (Å²) >= 11 is 0. The largest absolute Gasteiger partial charge is 0.497 e. The van der Waals surface area contributed by atoms with Crippen LogP contribution in [0.4, 0.5) is 17.2 Å². The summed E-state index contributed by atoms with van der Waals surface area (Å²) in [5, 5.41) is 4.14. The summed E-state index contributed by atoms with van der Waals surface area (Å²) in [4.78, 5) is 39.4. The summed E-state index contributed by atoms with van der Waals surface area (Å²) in [5.41, 5.74) is 4.36. The number of hydrogen-bond donors (Lipinski definition) is 1. The first-order valence-electron chi connectivity index (χ1n) is 16.4. The molecule has 1 N–H and O–H groups in total. The van der Waals surface area contributed by atoms with Crippen molar-refractivity contribution in [3.8, 4) is 23.0 Å². The average Bonchev–Trinajstić information content (AvgIpc) is 3.38. The lowest BCUT2D eigenvalue weighted by atomic mass is 9.94. The molecular formula is C38H41N5O7. The number of ether oxygens (including phenoxy) is 5. The summed E-state index contributed by atoms with van der Waals surface area (Å²) < 4.78 is 27.6. The number of aromatic nitrogens is 2. The minimum atomic E-state index is -0.225. The van der Waals surface area contributed by atoms with E-state index in [1.165, 1.54) is 24.6 Å². The Morgan fingerprint density at radius 2 is 1.66 bits per heavy atom. The molecule has 0 amide bonds. The van der Waals surface area contributed by atoms with Crippen LogP contribution in [0.3, 0.4) is 0 Å². The molecule has 0 unspecified atom stereocenters. The van der Waals surface area contributed by atoms with Crippen molar-refractivity contribution in [2.45, 2.75) is 13.0 Å². The molecule has 1 aliphatic carbocycles. The van der Waals surface area contributed by atoms with Gasteiger partial charge in [-0.2, -0.15) is 0 Å². The van der Waals surface area contributed by atoms with Gasteiger partial charge in [0.05, 0.1) is 33.5 Å². The Kier molecular flexibility index (Phi) is 10.9. The van der Waals surface area contributed by atoms with Gasteiger partial charge in [0.25, 0.3) is 0 Å². The number of methoxy groups -OCH3 is 4. The molecule has 1 aromatic heterocycles. The number of anilines is 3. The summed E-state index contributed by atoms with van der Waals surface area (Å²) in [5.74, 6) is 2.74. The van der Waals surface area contributed by atoms with E-state index in [1.807, 2.05) is 48.5 Å². The van der Waals surface area contributed by atoms with Gasteiger partial charge in [-0.15, -0.1) is 0 Å². The molecule has 50 heavy (non-hydrogen) atoms. The predicted molar refractivity (Wildman–Crippen MR) is 192 cm³/mol. The lowest BCUT2D eigenvalue weighted by Gasteiger charge is -2.27. The van der Waals surface area contributed by atoms with Crippen LogP contribution in [0.1, 0.15) is 17.5 Å². The number of fused-ring (bicyclic) bond motifs is 1. The summed E-state index contributed by atoms with van der Waals surface area (Å²) in [6.07, 6.45) is 6.45.